The van der Waals surface area contributed by atoms with Crippen LogP contribution in [-0.4, -0.2) is 60.5 Å². The molecule has 0 bridgehead atoms. The van der Waals surface area contributed by atoms with Gasteiger partial charge >= 0.3 is 23.9 Å². The van der Waals surface area contributed by atoms with Crippen molar-refractivity contribution in [1.82, 2.24) is 10.6 Å². The third-order valence-corrected chi connectivity index (χ3v) is 6.19. The third-order valence-electron chi connectivity index (χ3n) is 6.19. The topological polar surface area (TPSA) is 163 Å². The zero-order valence-electron chi connectivity index (χ0n) is 28.7. The Morgan fingerprint density at radius 3 is 1.40 bits per heavy atom. The summed E-state index contributed by atoms with van der Waals surface area (Å²) < 4.78 is 20.0. The zero-order chi connectivity index (χ0) is 35.8. The van der Waals surface area contributed by atoms with Gasteiger partial charge < -0.3 is 29.6 Å². The second kappa shape index (κ2) is 19.0. The first kappa shape index (κ1) is 40.3. The molecule has 0 saturated heterocycles. The second-order valence-electron chi connectivity index (χ2n) is 12.8. The molecule has 0 spiro atoms. The predicted molar refractivity (Wildman–Crippen MR) is 173 cm³/mol. The van der Waals surface area contributed by atoms with Crippen LogP contribution in [0.3, 0.4) is 0 Å². The van der Waals surface area contributed by atoms with E-state index in [-0.39, 0.29) is 25.0 Å². The number of amides is 2. The molecule has 258 valence electrons. The van der Waals surface area contributed by atoms with E-state index in [0.717, 1.165) is 11.1 Å². The van der Waals surface area contributed by atoms with Gasteiger partial charge in [0, 0.05) is 10.8 Å². The molecule has 2 amide bonds. The minimum absolute atomic E-state index is 0.109. The lowest BCUT2D eigenvalue weighted by Crippen LogP contribution is -2.45. The van der Waals surface area contributed by atoms with Gasteiger partial charge in [-0.25, -0.2) is 19.2 Å². The molecule has 0 aromatic heterocycles. The van der Waals surface area contributed by atoms with Crippen LogP contribution in [-0.2, 0) is 60.9 Å². The van der Waals surface area contributed by atoms with E-state index in [2.05, 4.69) is 10.6 Å². The average molecular weight is 657 g/mol. The van der Waals surface area contributed by atoms with Gasteiger partial charge in [0.1, 0.15) is 25.3 Å². The first-order valence-electron chi connectivity index (χ1n) is 15.2. The fourth-order valence-electron chi connectivity index (χ4n) is 3.15. The van der Waals surface area contributed by atoms with Crippen LogP contribution in [0.15, 0.2) is 60.7 Å². The highest BCUT2D eigenvalue weighted by Crippen LogP contribution is 2.14. The minimum atomic E-state index is -1.05. The van der Waals surface area contributed by atoms with E-state index in [1.165, 1.54) is 20.8 Å². The number of hydrogen-bond acceptors (Lipinski definition) is 10. The lowest BCUT2D eigenvalue weighted by atomic mass is 9.95. The summed E-state index contributed by atoms with van der Waals surface area (Å²) in [6.07, 6.45) is -1.05. The molecule has 0 heterocycles. The molecule has 0 aliphatic heterocycles. The van der Waals surface area contributed by atoms with Crippen molar-refractivity contribution < 1.29 is 47.7 Å². The maximum atomic E-state index is 11.9. The minimum Gasteiger partial charge on any atom is -0.458 e. The molecule has 12 nitrogen and oxygen atoms in total. The Kier molecular flexibility index (Phi) is 16.3. The lowest BCUT2D eigenvalue weighted by Gasteiger charge is -2.22. The van der Waals surface area contributed by atoms with Crippen molar-refractivity contribution in [3.8, 4) is 0 Å². The summed E-state index contributed by atoms with van der Waals surface area (Å²) in [6, 6.07) is 16.7. The zero-order valence-corrected chi connectivity index (χ0v) is 28.7. The van der Waals surface area contributed by atoms with Gasteiger partial charge in [0.15, 0.2) is 12.7 Å². The van der Waals surface area contributed by atoms with E-state index in [4.69, 9.17) is 18.9 Å². The first-order chi connectivity index (χ1) is 21.8. The Morgan fingerprint density at radius 1 is 0.574 bits per heavy atom. The van der Waals surface area contributed by atoms with Crippen LogP contribution in [0.25, 0.3) is 0 Å². The fourth-order valence-corrected chi connectivity index (χ4v) is 3.15. The number of carbonyl (C=O) groups excluding carboxylic acids is 6. The standard InChI is InChI=1S/C18H25NO5.C17H23NO5/c1-12(19-17(22)18(3,4)5)15(20)24-13(2)16(21)23-11-14-9-7-6-8-10-14;1-12(18-16(21)17(2,3)4)15(20)23-11-14(19)22-10-13-8-6-5-7-9-13/h6-10,12-13H,11H2,1-5H3,(H,19,22);5-9,12H,10-11H2,1-4H3,(H,18,21)/t12-,13-;12-/m00/s1. The molecule has 0 aliphatic carbocycles. The molecule has 2 N–H and O–H groups in total. The molecule has 2 rings (SSSR count). The number of hydrogen-bond donors (Lipinski definition) is 2. The molecule has 0 aliphatic rings. The van der Waals surface area contributed by atoms with Gasteiger partial charge in [0.2, 0.25) is 11.8 Å². The van der Waals surface area contributed by atoms with E-state index in [1.54, 1.807) is 41.5 Å². The fraction of sp³-hybridized carbons (Fsp3) is 0.486. The van der Waals surface area contributed by atoms with E-state index in [1.807, 2.05) is 60.7 Å². The van der Waals surface area contributed by atoms with E-state index >= 15 is 0 Å². The summed E-state index contributed by atoms with van der Waals surface area (Å²) >= 11 is 0. The maximum absolute atomic E-state index is 11.9. The molecule has 0 fully saturated rings. The quantitative estimate of drug-likeness (QED) is 0.252. The smallest absolute Gasteiger partial charge is 0.347 e. The SMILES string of the molecule is C[C@H](NC(=O)C(C)(C)C)C(=O)OCC(=O)OCc1ccccc1.C[C@H](NC(=O)C(C)(C)C)C(=O)O[C@@H](C)C(=O)OCc1ccccc1. The van der Waals surface area contributed by atoms with Crippen LogP contribution in [0.5, 0.6) is 0 Å². The van der Waals surface area contributed by atoms with Crippen molar-refractivity contribution in [2.75, 3.05) is 6.61 Å². The number of carbonyl (C=O) groups is 6. The summed E-state index contributed by atoms with van der Waals surface area (Å²) in [4.78, 5) is 70.7. The molecule has 3 atom stereocenters. The Morgan fingerprint density at radius 2 is 0.979 bits per heavy atom. The second-order valence-corrected chi connectivity index (χ2v) is 12.8. The molecule has 0 radical (unpaired) electrons. The monoisotopic (exact) mass is 656 g/mol. The van der Waals surface area contributed by atoms with Gasteiger partial charge in [-0.15, -0.1) is 0 Å². The molecular weight excluding hydrogens is 608 g/mol. The summed E-state index contributed by atoms with van der Waals surface area (Å²) in [5.41, 5.74) is 0.464. The van der Waals surface area contributed by atoms with E-state index in [9.17, 15) is 28.8 Å². The number of benzene rings is 2. The van der Waals surface area contributed by atoms with Gasteiger partial charge in [0.25, 0.3) is 0 Å². The summed E-state index contributed by atoms with van der Waals surface area (Å²) in [7, 11) is 0. The normalized spacial score (nSPS) is 12.9. The van der Waals surface area contributed by atoms with Gasteiger partial charge in [-0.3, -0.25) is 9.59 Å². The van der Waals surface area contributed by atoms with E-state index in [0.29, 0.717) is 0 Å². The molecule has 2 aromatic rings. The highest BCUT2D eigenvalue weighted by atomic mass is 16.6. The van der Waals surface area contributed by atoms with Crippen molar-refractivity contribution in [2.24, 2.45) is 10.8 Å². The van der Waals surface area contributed by atoms with Crippen molar-refractivity contribution in [3.05, 3.63) is 71.8 Å². The number of ether oxygens (including phenoxy) is 4. The van der Waals surface area contributed by atoms with Gasteiger partial charge in [-0.2, -0.15) is 0 Å². The molecule has 0 saturated carbocycles. The molecule has 12 heteroatoms. The largest absolute Gasteiger partial charge is 0.458 e. The van der Waals surface area contributed by atoms with Crippen molar-refractivity contribution in [3.63, 3.8) is 0 Å². The maximum Gasteiger partial charge on any atom is 0.347 e. The van der Waals surface area contributed by atoms with Crippen LogP contribution in [0, 0.1) is 10.8 Å². The van der Waals surface area contributed by atoms with Crippen LogP contribution in [0.1, 0.15) is 73.4 Å². The Labute approximate surface area is 276 Å². The van der Waals surface area contributed by atoms with E-state index < -0.39 is 59.5 Å². The van der Waals surface area contributed by atoms with Crippen LogP contribution < -0.4 is 10.6 Å². The van der Waals surface area contributed by atoms with Crippen LogP contribution in [0.4, 0.5) is 0 Å². The van der Waals surface area contributed by atoms with Crippen molar-refractivity contribution >= 4 is 35.7 Å². The van der Waals surface area contributed by atoms with Crippen LogP contribution in [0.2, 0.25) is 0 Å². The Bertz CT molecular complexity index is 1330. The van der Waals surface area contributed by atoms with Crippen molar-refractivity contribution in [1.29, 1.82) is 0 Å². The molecular formula is C35H48N2O10. The van der Waals surface area contributed by atoms with Gasteiger partial charge in [-0.1, -0.05) is 102 Å². The molecule has 0 unspecified atom stereocenters. The Hall–Kier alpha value is -4.74. The van der Waals surface area contributed by atoms with Crippen molar-refractivity contribution in [2.45, 2.75) is 93.7 Å². The predicted octanol–water partition coefficient (Wildman–Crippen LogP) is 4.04. The Balaban J connectivity index is 0.000000470. The number of esters is 4. The highest BCUT2D eigenvalue weighted by molar-refractivity contribution is 5.88. The molecule has 47 heavy (non-hydrogen) atoms. The average Bonchev–Trinajstić information content (AvgIpc) is 3.01. The highest BCUT2D eigenvalue weighted by Gasteiger charge is 2.28. The lowest BCUT2D eigenvalue weighted by molar-refractivity contribution is -0.168. The number of nitrogens with one attached hydrogen (secondary N) is 2. The summed E-state index contributed by atoms with van der Waals surface area (Å²) in [5.74, 6) is -3.19. The summed E-state index contributed by atoms with van der Waals surface area (Å²) in [6.45, 7) is 14.6. The summed E-state index contributed by atoms with van der Waals surface area (Å²) in [5, 5.41) is 5.09. The number of rotatable bonds is 12. The molecule has 2 aromatic carbocycles. The van der Waals surface area contributed by atoms with Crippen LogP contribution >= 0.6 is 0 Å². The van der Waals surface area contributed by atoms with Gasteiger partial charge in [0.05, 0.1) is 0 Å². The van der Waals surface area contributed by atoms with Gasteiger partial charge in [-0.05, 0) is 31.9 Å². The first-order valence-corrected chi connectivity index (χ1v) is 15.2. The third kappa shape index (κ3) is 16.4.